The first-order valence-electron chi connectivity index (χ1n) is 7.91. The normalized spacial score (nSPS) is 10.7. The van der Waals surface area contributed by atoms with E-state index in [1.807, 2.05) is 24.3 Å². The Morgan fingerprint density at radius 1 is 1.19 bits per heavy atom. The maximum Gasteiger partial charge on any atom is 0.349 e. The standard InChI is InChI=1S/C19H16BrNO5/c20-14-3-1-2-12(8-14)11-25-15-5-4-13-9-16(18(23)21-6-7-22)19(24)26-17(13)10-15/h1-5,8-10,22H,6-7,11H2,(H,21,23). The number of carbonyl (C=O) groups is 1. The molecule has 0 unspecified atom stereocenters. The number of ether oxygens (including phenoxy) is 1. The highest BCUT2D eigenvalue weighted by Crippen LogP contribution is 2.22. The molecule has 2 N–H and O–H groups in total. The zero-order valence-electron chi connectivity index (χ0n) is 13.7. The zero-order chi connectivity index (χ0) is 18.5. The fourth-order valence-corrected chi connectivity index (χ4v) is 2.84. The smallest absolute Gasteiger partial charge is 0.349 e. The molecule has 0 aliphatic rings. The molecule has 134 valence electrons. The SMILES string of the molecule is O=C(NCCO)c1cc2ccc(OCc3cccc(Br)c3)cc2oc1=O. The van der Waals surface area contributed by atoms with Gasteiger partial charge < -0.3 is 19.6 Å². The third-order valence-corrected chi connectivity index (χ3v) is 4.14. The van der Waals surface area contributed by atoms with E-state index in [-0.39, 0.29) is 18.7 Å². The first-order chi connectivity index (χ1) is 12.6. The lowest BCUT2D eigenvalue weighted by atomic mass is 10.1. The van der Waals surface area contributed by atoms with Gasteiger partial charge in [0.05, 0.1) is 6.61 Å². The highest BCUT2D eigenvalue weighted by atomic mass is 79.9. The summed E-state index contributed by atoms with van der Waals surface area (Å²) < 4.78 is 11.9. The number of hydrogen-bond donors (Lipinski definition) is 2. The van der Waals surface area contributed by atoms with Crippen LogP contribution in [0, 0.1) is 0 Å². The summed E-state index contributed by atoms with van der Waals surface area (Å²) in [4.78, 5) is 23.9. The van der Waals surface area contributed by atoms with E-state index in [1.54, 1.807) is 18.2 Å². The number of aliphatic hydroxyl groups excluding tert-OH is 1. The quantitative estimate of drug-likeness (QED) is 0.601. The summed E-state index contributed by atoms with van der Waals surface area (Å²) in [7, 11) is 0. The van der Waals surface area contributed by atoms with Gasteiger partial charge in [-0.15, -0.1) is 0 Å². The number of carbonyl (C=O) groups excluding carboxylic acids is 1. The van der Waals surface area contributed by atoms with Crippen molar-refractivity contribution in [2.24, 2.45) is 0 Å². The van der Waals surface area contributed by atoms with Gasteiger partial charge in [0.2, 0.25) is 0 Å². The van der Waals surface area contributed by atoms with Crippen molar-refractivity contribution in [3.05, 3.63) is 74.6 Å². The summed E-state index contributed by atoms with van der Waals surface area (Å²) >= 11 is 3.41. The van der Waals surface area contributed by atoms with Crippen molar-refractivity contribution in [3.63, 3.8) is 0 Å². The van der Waals surface area contributed by atoms with Crippen molar-refractivity contribution in [3.8, 4) is 5.75 Å². The minimum Gasteiger partial charge on any atom is -0.489 e. The third kappa shape index (κ3) is 4.30. The van der Waals surface area contributed by atoms with Crippen LogP contribution < -0.4 is 15.7 Å². The summed E-state index contributed by atoms with van der Waals surface area (Å²) in [6.07, 6.45) is 0. The molecule has 3 aromatic rings. The molecule has 6 nitrogen and oxygen atoms in total. The molecular weight excluding hydrogens is 402 g/mol. The Balaban J connectivity index is 1.80. The average molecular weight is 418 g/mol. The van der Waals surface area contributed by atoms with Crippen LogP contribution >= 0.6 is 15.9 Å². The van der Waals surface area contributed by atoms with E-state index in [0.29, 0.717) is 23.3 Å². The highest BCUT2D eigenvalue weighted by Gasteiger charge is 2.13. The predicted octanol–water partition coefficient (Wildman–Crippen LogP) is 2.86. The van der Waals surface area contributed by atoms with Gasteiger partial charge in [0.25, 0.3) is 5.91 Å². The molecule has 3 rings (SSSR count). The summed E-state index contributed by atoms with van der Waals surface area (Å²) in [6.45, 7) is 0.235. The second-order valence-corrected chi connectivity index (χ2v) is 6.46. The van der Waals surface area contributed by atoms with Gasteiger partial charge in [-0.3, -0.25) is 4.79 Å². The number of hydrogen-bond acceptors (Lipinski definition) is 5. The fourth-order valence-electron chi connectivity index (χ4n) is 2.40. The van der Waals surface area contributed by atoms with E-state index >= 15 is 0 Å². The lowest BCUT2D eigenvalue weighted by molar-refractivity contribution is 0.0941. The van der Waals surface area contributed by atoms with E-state index < -0.39 is 11.5 Å². The van der Waals surface area contributed by atoms with Crippen molar-refractivity contribution in [1.82, 2.24) is 5.32 Å². The zero-order valence-corrected chi connectivity index (χ0v) is 15.3. The molecule has 7 heteroatoms. The number of benzene rings is 2. The molecule has 1 heterocycles. The molecule has 0 radical (unpaired) electrons. The van der Waals surface area contributed by atoms with Crippen molar-refractivity contribution in [1.29, 1.82) is 0 Å². The maximum absolute atomic E-state index is 12.0. The van der Waals surface area contributed by atoms with Gasteiger partial charge in [-0.05, 0) is 35.9 Å². The lowest BCUT2D eigenvalue weighted by Gasteiger charge is -2.08. The van der Waals surface area contributed by atoms with Gasteiger partial charge in [-0.2, -0.15) is 0 Å². The minimum absolute atomic E-state index is 0.0681. The number of nitrogens with one attached hydrogen (secondary N) is 1. The van der Waals surface area contributed by atoms with Gasteiger partial charge in [-0.25, -0.2) is 4.79 Å². The molecule has 0 saturated heterocycles. The average Bonchev–Trinajstić information content (AvgIpc) is 2.63. The molecule has 0 aliphatic carbocycles. The second-order valence-electron chi connectivity index (χ2n) is 5.55. The molecule has 0 saturated carbocycles. The lowest BCUT2D eigenvalue weighted by Crippen LogP contribution is -2.30. The molecule has 0 aliphatic heterocycles. The number of fused-ring (bicyclic) bond motifs is 1. The predicted molar refractivity (Wildman–Crippen MR) is 100 cm³/mol. The summed E-state index contributed by atoms with van der Waals surface area (Å²) in [6, 6.07) is 14.3. The molecular formula is C19H16BrNO5. The molecule has 0 bridgehead atoms. The molecule has 0 fully saturated rings. The van der Waals surface area contributed by atoms with Gasteiger partial charge >= 0.3 is 5.63 Å². The Morgan fingerprint density at radius 3 is 2.81 bits per heavy atom. The topological polar surface area (TPSA) is 88.8 Å². The monoisotopic (exact) mass is 417 g/mol. The van der Waals surface area contributed by atoms with Crippen LogP contribution in [0.4, 0.5) is 0 Å². The van der Waals surface area contributed by atoms with Gasteiger partial charge in [-0.1, -0.05) is 28.1 Å². The van der Waals surface area contributed by atoms with Crippen LogP contribution in [0.1, 0.15) is 15.9 Å². The number of rotatable bonds is 6. The molecule has 1 aromatic heterocycles. The maximum atomic E-state index is 12.0. The van der Waals surface area contributed by atoms with Crippen molar-refractivity contribution in [2.45, 2.75) is 6.61 Å². The van der Waals surface area contributed by atoms with Crippen LogP contribution in [0.2, 0.25) is 0 Å². The number of aliphatic hydroxyl groups is 1. The van der Waals surface area contributed by atoms with Crippen LogP contribution in [0.5, 0.6) is 5.75 Å². The van der Waals surface area contributed by atoms with Gasteiger partial charge in [0.15, 0.2) is 0 Å². The molecule has 0 atom stereocenters. The van der Waals surface area contributed by atoms with Crippen LogP contribution in [-0.2, 0) is 6.61 Å². The van der Waals surface area contributed by atoms with Crippen molar-refractivity contribution in [2.75, 3.05) is 13.2 Å². The van der Waals surface area contributed by atoms with E-state index in [1.165, 1.54) is 6.07 Å². The van der Waals surface area contributed by atoms with Gasteiger partial charge in [0, 0.05) is 22.5 Å². The van der Waals surface area contributed by atoms with Crippen molar-refractivity contribution < 1.29 is 19.1 Å². The second kappa shape index (κ2) is 8.16. The molecule has 1 amide bonds. The summed E-state index contributed by atoms with van der Waals surface area (Å²) in [5, 5.41) is 11.8. The van der Waals surface area contributed by atoms with Crippen LogP contribution in [0.25, 0.3) is 11.0 Å². The third-order valence-electron chi connectivity index (χ3n) is 3.64. The van der Waals surface area contributed by atoms with Crippen molar-refractivity contribution >= 4 is 32.8 Å². The molecule has 0 spiro atoms. The largest absolute Gasteiger partial charge is 0.489 e. The fraction of sp³-hybridized carbons (Fsp3) is 0.158. The number of amides is 1. The van der Waals surface area contributed by atoms with E-state index in [4.69, 9.17) is 14.3 Å². The van der Waals surface area contributed by atoms with Crippen LogP contribution in [0.3, 0.4) is 0 Å². The van der Waals surface area contributed by atoms with E-state index in [9.17, 15) is 9.59 Å². The van der Waals surface area contributed by atoms with Crippen LogP contribution in [0.15, 0.2) is 62.2 Å². The Bertz CT molecular complexity index is 999. The molecule has 2 aromatic carbocycles. The first-order valence-corrected chi connectivity index (χ1v) is 8.70. The van der Waals surface area contributed by atoms with E-state index in [0.717, 1.165) is 10.0 Å². The Hall–Kier alpha value is -2.64. The molecule has 26 heavy (non-hydrogen) atoms. The van der Waals surface area contributed by atoms with Crippen LogP contribution in [-0.4, -0.2) is 24.2 Å². The van der Waals surface area contributed by atoms with E-state index in [2.05, 4.69) is 21.2 Å². The van der Waals surface area contributed by atoms with Gasteiger partial charge in [0.1, 0.15) is 23.5 Å². The Morgan fingerprint density at radius 2 is 2.04 bits per heavy atom. The number of halogens is 1. The Kier molecular flexibility index (Phi) is 5.70. The first kappa shape index (κ1) is 18.2. The summed E-state index contributed by atoms with van der Waals surface area (Å²) in [5.41, 5.74) is 0.489. The Labute approximate surface area is 157 Å². The summed E-state index contributed by atoms with van der Waals surface area (Å²) in [5.74, 6) is -0.0252. The highest BCUT2D eigenvalue weighted by molar-refractivity contribution is 9.10. The minimum atomic E-state index is -0.739.